The van der Waals surface area contributed by atoms with Crippen LogP contribution in [0.15, 0.2) is 30.3 Å². The lowest BCUT2D eigenvalue weighted by atomic mass is 9.68. The number of aliphatic hydroxyl groups excluding tert-OH is 1. The average Bonchev–Trinajstić information content (AvgIpc) is 3.47. The van der Waals surface area contributed by atoms with Gasteiger partial charge in [-0.25, -0.2) is 0 Å². The summed E-state index contributed by atoms with van der Waals surface area (Å²) in [5.41, 5.74) is -0.688. The largest absolute Gasteiger partial charge is 0.490 e. The standard InChI is InChI=1S/C35H50N2O9/c1-7-9-13-19-43-30-21-25(32(44-20-14-10-8-2)34(42-6)33(30)41-5)35(23-36,24(3)4)18-17-27(38)26(37(39)40)22-31-45-28-15-11-12-16-29(28)46-31/h11-12,15-16,21,24,26-27,31,38H,7-10,13-14,17-20,22H2,1-6H3. The number of methoxy groups -OCH3 is 2. The van der Waals surface area contributed by atoms with Gasteiger partial charge in [0.25, 0.3) is 0 Å². The van der Waals surface area contributed by atoms with Gasteiger partial charge in [0.1, 0.15) is 6.10 Å². The van der Waals surface area contributed by atoms with Crippen molar-refractivity contribution in [1.82, 2.24) is 0 Å². The van der Waals surface area contributed by atoms with Crippen molar-refractivity contribution in [3.8, 4) is 40.6 Å². The van der Waals surface area contributed by atoms with Crippen molar-refractivity contribution in [2.45, 2.75) is 109 Å². The van der Waals surface area contributed by atoms with Crippen LogP contribution >= 0.6 is 0 Å². The van der Waals surface area contributed by atoms with Crippen LogP contribution in [0.4, 0.5) is 0 Å². The molecule has 1 N–H and O–H groups in total. The summed E-state index contributed by atoms with van der Waals surface area (Å²) in [5.74, 6) is 2.21. The van der Waals surface area contributed by atoms with Gasteiger partial charge in [-0.2, -0.15) is 5.26 Å². The van der Waals surface area contributed by atoms with Crippen LogP contribution in [0.1, 0.15) is 91.0 Å². The van der Waals surface area contributed by atoms with E-state index in [1.807, 2.05) is 13.8 Å². The summed E-state index contributed by atoms with van der Waals surface area (Å²) in [4.78, 5) is 11.7. The number of benzene rings is 2. The molecule has 3 atom stereocenters. The van der Waals surface area contributed by atoms with Crippen LogP contribution in [0.3, 0.4) is 0 Å². The maximum absolute atomic E-state index is 12.2. The third kappa shape index (κ3) is 8.66. The Bertz CT molecular complexity index is 1290. The maximum Gasteiger partial charge on any atom is 0.248 e. The van der Waals surface area contributed by atoms with E-state index in [0.717, 1.165) is 38.5 Å². The van der Waals surface area contributed by atoms with Crippen molar-refractivity contribution >= 4 is 0 Å². The molecule has 1 aliphatic heterocycles. The van der Waals surface area contributed by atoms with Gasteiger partial charge in [0.2, 0.25) is 23.8 Å². The van der Waals surface area contributed by atoms with Crippen molar-refractivity contribution < 1.29 is 38.5 Å². The van der Waals surface area contributed by atoms with E-state index in [9.17, 15) is 20.5 Å². The lowest BCUT2D eigenvalue weighted by molar-refractivity contribution is -0.538. The minimum absolute atomic E-state index is 0.0344. The Balaban J connectivity index is 1.98. The van der Waals surface area contributed by atoms with Crippen molar-refractivity contribution in [2.24, 2.45) is 5.92 Å². The number of para-hydroxylation sites is 2. The number of ether oxygens (including phenoxy) is 6. The molecule has 0 amide bonds. The molecule has 11 nitrogen and oxygen atoms in total. The molecule has 3 unspecified atom stereocenters. The lowest BCUT2D eigenvalue weighted by Crippen LogP contribution is -2.41. The number of unbranched alkanes of at least 4 members (excludes halogenated alkanes) is 4. The molecule has 0 bridgehead atoms. The first kappa shape index (κ1) is 36.6. The van der Waals surface area contributed by atoms with E-state index in [1.165, 1.54) is 14.2 Å². The van der Waals surface area contributed by atoms with Crippen LogP contribution in [0.2, 0.25) is 0 Å². The van der Waals surface area contributed by atoms with Crippen LogP contribution in [0.5, 0.6) is 34.5 Å². The van der Waals surface area contributed by atoms with Crippen LogP contribution in [0, 0.1) is 27.4 Å². The number of hydrogen-bond donors (Lipinski definition) is 1. The summed E-state index contributed by atoms with van der Waals surface area (Å²) >= 11 is 0. The minimum atomic E-state index is -1.38. The van der Waals surface area contributed by atoms with Crippen LogP contribution < -0.4 is 28.4 Å². The summed E-state index contributed by atoms with van der Waals surface area (Å²) < 4.78 is 35.6. The van der Waals surface area contributed by atoms with E-state index in [4.69, 9.17) is 28.4 Å². The van der Waals surface area contributed by atoms with Crippen molar-refractivity contribution in [2.75, 3.05) is 27.4 Å². The third-order valence-electron chi connectivity index (χ3n) is 8.58. The molecule has 254 valence electrons. The smallest absolute Gasteiger partial charge is 0.248 e. The number of nitriles is 1. The average molecular weight is 643 g/mol. The fourth-order valence-electron chi connectivity index (χ4n) is 5.80. The molecule has 2 aromatic rings. The molecular weight excluding hydrogens is 592 g/mol. The first-order chi connectivity index (χ1) is 22.2. The first-order valence-corrected chi connectivity index (χ1v) is 16.4. The molecule has 0 aliphatic carbocycles. The lowest BCUT2D eigenvalue weighted by Gasteiger charge is -2.35. The van der Waals surface area contributed by atoms with Crippen molar-refractivity contribution in [3.63, 3.8) is 0 Å². The monoisotopic (exact) mass is 642 g/mol. The Labute approximate surface area is 272 Å². The Hall–Kier alpha value is -3.91. The van der Waals surface area contributed by atoms with E-state index in [0.29, 0.717) is 53.3 Å². The summed E-state index contributed by atoms with van der Waals surface area (Å²) in [6.07, 6.45) is 3.27. The summed E-state index contributed by atoms with van der Waals surface area (Å²) in [5, 5.41) is 34.3. The SMILES string of the molecule is CCCCCOc1cc(C(C#N)(CCC(O)C(CC2Oc3ccccc3O2)[N+](=O)[O-])C(C)C)c(OCCCCC)c(OC)c1OC. The van der Waals surface area contributed by atoms with E-state index < -0.39 is 28.8 Å². The minimum Gasteiger partial charge on any atom is -0.490 e. The van der Waals surface area contributed by atoms with Gasteiger partial charge in [-0.05, 0) is 49.8 Å². The second-order valence-corrected chi connectivity index (χ2v) is 12.0. The molecule has 0 saturated carbocycles. The van der Waals surface area contributed by atoms with Gasteiger partial charge < -0.3 is 33.5 Å². The zero-order valence-electron chi connectivity index (χ0n) is 28.1. The number of aliphatic hydroxyl groups is 1. The predicted molar refractivity (Wildman–Crippen MR) is 174 cm³/mol. The normalized spacial score (nSPS) is 15.1. The molecule has 3 rings (SSSR count). The first-order valence-electron chi connectivity index (χ1n) is 16.4. The molecule has 0 saturated heterocycles. The highest BCUT2D eigenvalue weighted by atomic mass is 16.7. The van der Waals surface area contributed by atoms with Crippen LogP contribution in [-0.2, 0) is 5.41 Å². The zero-order chi connectivity index (χ0) is 33.7. The van der Waals surface area contributed by atoms with E-state index in [-0.39, 0.29) is 25.2 Å². The number of nitrogens with zero attached hydrogens (tertiary/aromatic N) is 2. The fourth-order valence-corrected chi connectivity index (χ4v) is 5.80. The molecule has 1 heterocycles. The van der Waals surface area contributed by atoms with Gasteiger partial charge in [0.05, 0.1) is 45.3 Å². The zero-order valence-corrected chi connectivity index (χ0v) is 28.1. The second-order valence-electron chi connectivity index (χ2n) is 12.0. The highest BCUT2D eigenvalue weighted by Crippen LogP contribution is 2.53. The molecule has 0 aromatic heterocycles. The Morgan fingerprint density at radius 2 is 1.57 bits per heavy atom. The maximum atomic E-state index is 12.2. The highest BCUT2D eigenvalue weighted by molar-refractivity contribution is 5.65. The van der Waals surface area contributed by atoms with E-state index in [1.54, 1.807) is 30.3 Å². The topological polar surface area (TPSA) is 143 Å². The number of rotatable bonds is 21. The second kappa shape index (κ2) is 17.7. The number of fused-ring (bicyclic) bond motifs is 1. The summed E-state index contributed by atoms with van der Waals surface area (Å²) in [6.45, 7) is 8.89. The molecule has 0 fully saturated rings. The molecule has 2 aromatic carbocycles. The van der Waals surface area contributed by atoms with Crippen molar-refractivity contribution in [3.05, 3.63) is 46.0 Å². The van der Waals surface area contributed by atoms with Gasteiger partial charge in [-0.1, -0.05) is 65.5 Å². The molecule has 46 heavy (non-hydrogen) atoms. The van der Waals surface area contributed by atoms with Gasteiger partial charge in [0, 0.05) is 10.5 Å². The Morgan fingerprint density at radius 3 is 2.07 bits per heavy atom. The number of hydrogen-bond acceptors (Lipinski definition) is 10. The molecule has 1 aliphatic rings. The number of nitro groups is 1. The fraction of sp³-hybridized carbons (Fsp3) is 0.629. The molecule has 0 radical (unpaired) electrons. The molecule has 11 heteroatoms. The van der Waals surface area contributed by atoms with Gasteiger partial charge in [0.15, 0.2) is 23.0 Å². The van der Waals surface area contributed by atoms with E-state index in [2.05, 4.69) is 19.9 Å². The third-order valence-corrected chi connectivity index (χ3v) is 8.58. The Kier molecular flexibility index (Phi) is 14.1. The van der Waals surface area contributed by atoms with Gasteiger partial charge in [-0.3, -0.25) is 10.1 Å². The summed E-state index contributed by atoms with van der Waals surface area (Å²) in [7, 11) is 3.05. The van der Waals surface area contributed by atoms with Gasteiger partial charge in [-0.15, -0.1) is 0 Å². The van der Waals surface area contributed by atoms with Crippen molar-refractivity contribution in [1.29, 1.82) is 5.26 Å². The molecular formula is C35H50N2O9. The van der Waals surface area contributed by atoms with Gasteiger partial charge >= 0.3 is 0 Å². The van der Waals surface area contributed by atoms with Crippen LogP contribution in [0.25, 0.3) is 0 Å². The Morgan fingerprint density at radius 1 is 0.978 bits per heavy atom. The summed E-state index contributed by atoms with van der Waals surface area (Å²) in [6, 6.07) is 9.94. The predicted octanol–water partition coefficient (Wildman–Crippen LogP) is 7.23. The quantitative estimate of drug-likeness (QED) is 0.0841. The van der Waals surface area contributed by atoms with E-state index >= 15 is 0 Å². The van der Waals surface area contributed by atoms with Crippen LogP contribution in [-0.4, -0.2) is 55.9 Å². The highest BCUT2D eigenvalue weighted by Gasteiger charge is 2.44. The molecule has 0 spiro atoms.